The lowest BCUT2D eigenvalue weighted by Gasteiger charge is -2.37. The first-order valence-corrected chi connectivity index (χ1v) is 8.66. The average Bonchev–Trinajstić information content (AvgIpc) is 3.21. The number of fused-ring (bicyclic) bond motifs is 1. The van der Waals surface area contributed by atoms with Crippen molar-refractivity contribution < 1.29 is 14.3 Å². The number of carbonyl (C=O) groups excluding carboxylic acids is 1. The Balaban J connectivity index is 1.47. The van der Waals surface area contributed by atoms with E-state index >= 15 is 0 Å². The van der Waals surface area contributed by atoms with Gasteiger partial charge in [0.2, 0.25) is 11.8 Å². The van der Waals surface area contributed by atoms with Gasteiger partial charge in [-0.25, -0.2) is 9.97 Å². The van der Waals surface area contributed by atoms with E-state index in [1.807, 2.05) is 11.0 Å². The van der Waals surface area contributed by atoms with Gasteiger partial charge in [0.1, 0.15) is 6.33 Å². The van der Waals surface area contributed by atoms with Crippen molar-refractivity contribution in [3.8, 4) is 5.88 Å². The summed E-state index contributed by atoms with van der Waals surface area (Å²) in [4.78, 5) is 25.2. The van der Waals surface area contributed by atoms with E-state index in [2.05, 4.69) is 27.0 Å². The van der Waals surface area contributed by atoms with Gasteiger partial charge in [-0.1, -0.05) is 0 Å². The molecule has 0 bridgehead atoms. The number of rotatable bonds is 3. The van der Waals surface area contributed by atoms with Crippen LogP contribution in [-0.4, -0.2) is 67.3 Å². The fraction of sp³-hybridized carbons (Fsp3) is 0.500. The van der Waals surface area contributed by atoms with Crippen LogP contribution >= 0.6 is 0 Å². The third-order valence-corrected chi connectivity index (χ3v) is 5.01. The number of hydrogen-bond donors (Lipinski definition) is 0. The van der Waals surface area contributed by atoms with E-state index in [9.17, 15) is 4.79 Å². The van der Waals surface area contributed by atoms with Crippen LogP contribution in [0.3, 0.4) is 0 Å². The number of aromatic nitrogens is 2. The fourth-order valence-corrected chi connectivity index (χ4v) is 3.55. The first kappa shape index (κ1) is 16.1. The molecule has 7 heteroatoms. The zero-order valence-corrected chi connectivity index (χ0v) is 14.4. The van der Waals surface area contributed by atoms with Crippen molar-refractivity contribution in [2.45, 2.75) is 6.42 Å². The molecule has 0 spiro atoms. The summed E-state index contributed by atoms with van der Waals surface area (Å²) in [6.07, 6.45) is 2.36. The molecular formula is C18H22N4O3. The molecule has 0 N–H and O–H groups in total. The Bertz CT molecular complexity index is 768. The zero-order valence-electron chi connectivity index (χ0n) is 14.4. The topological polar surface area (TPSA) is 67.8 Å². The summed E-state index contributed by atoms with van der Waals surface area (Å²) in [6.45, 7) is 4.41. The van der Waals surface area contributed by atoms with Crippen molar-refractivity contribution in [3.05, 3.63) is 24.5 Å². The van der Waals surface area contributed by atoms with E-state index in [0.29, 0.717) is 19.1 Å². The molecule has 4 rings (SSSR count). The van der Waals surface area contributed by atoms with Crippen LogP contribution in [0, 0.1) is 5.92 Å². The summed E-state index contributed by atoms with van der Waals surface area (Å²) >= 11 is 0. The van der Waals surface area contributed by atoms with Crippen LogP contribution in [-0.2, 0) is 9.53 Å². The molecule has 1 aromatic heterocycles. The maximum atomic E-state index is 12.5. The van der Waals surface area contributed by atoms with Crippen molar-refractivity contribution in [2.75, 3.05) is 51.4 Å². The molecule has 1 unspecified atom stereocenters. The summed E-state index contributed by atoms with van der Waals surface area (Å²) in [5.41, 5.74) is 1.97. The maximum Gasteiger partial charge on any atom is 0.228 e. The largest absolute Gasteiger partial charge is 0.480 e. The van der Waals surface area contributed by atoms with E-state index in [0.717, 1.165) is 49.2 Å². The Morgan fingerprint density at radius 3 is 2.80 bits per heavy atom. The minimum atomic E-state index is 0.0497. The van der Waals surface area contributed by atoms with Crippen LogP contribution in [0.25, 0.3) is 10.9 Å². The molecule has 0 saturated carbocycles. The van der Waals surface area contributed by atoms with Crippen LogP contribution in [0.5, 0.6) is 5.88 Å². The summed E-state index contributed by atoms with van der Waals surface area (Å²) in [6, 6.07) is 6.12. The molecule has 3 heterocycles. The fourth-order valence-electron chi connectivity index (χ4n) is 3.55. The van der Waals surface area contributed by atoms with E-state index in [1.54, 1.807) is 7.11 Å². The smallest absolute Gasteiger partial charge is 0.228 e. The van der Waals surface area contributed by atoms with Crippen molar-refractivity contribution in [2.24, 2.45) is 5.92 Å². The lowest BCUT2D eigenvalue weighted by molar-refractivity contribution is -0.135. The van der Waals surface area contributed by atoms with Crippen molar-refractivity contribution in [1.82, 2.24) is 14.9 Å². The Hall–Kier alpha value is -2.41. The van der Waals surface area contributed by atoms with E-state index < -0.39 is 0 Å². The standard InChI is InChI=1S/C18H22N4O3/c1-24-17-15-10-14(2-3-16(15)19-12-20-17)21-5-7-22(8-6-21)18(23)13-4-9-25-11-13/h2-3,10,12-13H,4-9,11H2,1H3. The van der Waals surface area contributed by atoms with Gasteiger partial charge in [-0.15, -0.1) is 0 Å². The second-order valence-electron chi connectivity index (χ2n) is 6.46. The van der Waals surface area contributed by atoms with Gasteiger partial charge in [0.15, 0.2) is 0 Å². The highest BCUT2D eigenvalue weighted by atomic mass is 16.5. The lowest BCUT2D eigenvalue weighted by atomic mass is 10.1. The van der Waals surface area contributed by atoms with Crippen molar-refractivity contribution in [3.63, 3.8) is 0 Å². The third kappa shape index (κ3) is 3.11. The molecule has 2 aliphatic heterocycles. The van der Waals surface area contributed by atoms with Crippen LogP contribution < -0.4 is 9.64 Å². The maximum absolute atomic E-state index is 12.5. The SMILES string of the molecule is COc1ncnc2ccc(N3CCN(C(=O)C4CCOC4)CC3)cc12. The number of piperazine rings is 1. The Morgan fingerprint density at radius 2 is 2.08 bits per heavy atom. The number of amides is 1. The number of carbonyl (C=O) groups is 1. The zero-order chi connectivity index (χ0) is 17.2. The van der Waals surface area contributed by atoms with E-state index in [1.165, 1.54) is 6.33 Å². The molecule has 0 radical (unpaired) electrons. The molecule has 2 saturated heterocycles. The summed E-state index contributed by atoms with van der Waals surface area (Å²) in [5, 5.41) is 0.907. The van der Waals surface area contributed by atoms with E-state index in [4.69, 9.17) is 9.47 Å². The van der Waals surface area contributed by atoms with Crippen LogP contribution in [0.2, 0.25) is 0 Å². The second kappa shape index (κ2) is 6.84. The number of hydrogen-bond acceptors (Lipinski definition) is 6. The normalized spacial score (nSPS) is 20.9. The van der Waals surface area contributed by atoms with Gasteiger partial charge in [0.05, 0.1) is 30.5 Å². The molecule has 1 atom stereocenters. The highest BCUT2D eigenvalue weighted by Crippen LogP contribution is 2.27. The van der Waals surface area contributed by atoms with E-state index in [-0.39, 0.29) is 11.8 Å². The number of ether oxygens (including phenoxy) is 2. The minimum absolute atomic E-state index is 0.0497. The molecule has 2 fully saturated rings. The Labute approximate surface area is 146 Å². The Kier molecular flexibility index (Phi) is 4.40. The van der Waals surface area contributed by atoms with Crippen LogP contribution in [0.15, 0.2) is 24.5 Å². The van der Waals surface area contributed by atoms with Gasteiger partial charge >= 0.3 is 0 Å². The van der Waals surface area contributed by atoms with Crippen molar-refractivity contribution >= 4 is 22.5 Å². The second-order valence-corrected chi connectivity index (χ2v) is 6.46. The molecule has 25 heavy (non-hydrogen) atoms. The Morgan fingerprint density at radius 1 is 1.24 bits per heavy atom. The average molecular weight is 342 g/mol. The number of nitrogens with zero attached hydrogens (tertiary/aromatic N) is 4. The molecule has 2 aliphatic rings. The first-order chi connectivity index (χ1) is 12.3. The molecule has 1 aromatic carbocycles. The molecule has 132 valence electrons. The highest BCUT2D eigenvalue weighted by molar-refractivity contribution is 5.86. The first-order valence-electron chi connectivity index (χ1n) is 8.66. The van der Waals surface area contributed by atoms with Gasteiger partial charge in [-0.3, -0.25) is 4.79 Å². The van der Waals surface area contributed by atoms with Gasteiger partial charge in [0, 0.05) is 38.5 Å². The number of methoxy groups -OCH3 is 1. The van der Waals surface area contributed by atoms with Gasteiger partial charge in [-0.2, -0.15) is 0 Å². The summed E-state index contributed by atoms with van der Waals surface area (Å²) in [7, 11) is 1.62. The lowest BCUT2D eigenvalue weighted by Crippen LogP contribution is -2.50. The van der Waals surface area contributed by atoms with Crippen molar-refractivity contribution in [1.29, 1.82) is 0 Å². The number of anilines is 1. The van der Waals surface area contributed by atoms with Gasteiger partial charge in [-0.05, 0) is 24.6 Å². The third-order valence-electron chi connectivity index (χ3n) is 5.01. The number of benzene rings is 1. The summed E-state index contributed by atoms with van der Waals surface area (Å²) in [5.74, 6) is 0.876. The predicted molar refractivity (Wildman–Crippen MR) is 93.8 cm³/mol. The predicted octanol–water partition coefficient (Wildman–Crippen LogP) is 1.32. The molecule has 0 aliphatic carbocycles. The molecule has 7 nitrogen and oxygen atoms in total. The molecular weight excluding hydrogens is 320 g/mol. The molecule has 1 amide bonds. The van der Waals surface area contributed by atoms with Crippen LogP contribution in [0.1, 0.15) is 6.42 Å². The van der Waals surface area contributed by atoms with Crippen LogP contribution in [0.4, 0.5) is 5.69 Å². The van der Waals surface area contributed by atoms with Gasteiger partial charge in [0.25, 0.3) is 0 Å². The minimum Gasteiger partial charge on any atom is -0.480 e. The molecule has 2 aromatic rings. The highest BCUT2D eigenvalue weighted by Gasteiger charge is 2.30. The van der Waals surface area contributed by atoms with Gasteiger partial charge < -0.3 is 19.3 Å². The monoisotopic (exact) mass is 342 g/mol. The summed E-state index contributed by atoms with van der Waals surface area (Å²) < 4.78 is 10.7. The quantitative estimate of drug-likeness (QED) is 0.838.